The minimum absolute atomic E-state index is 0.0221. The number of methoxy groups -OCH3 is 1. The summed E-state index contributed by atoms with van der Waals surface area (Å²) in [6.45, 7) is 2.63. The van der Waals surface area contributed by atoms with Crippen LogP contribution in [0, 0.1) is 11.6 Å². The molecule has 40 heavy (non-hydrogen) atoms. The van der Waals surface area contributed by atoms with E-state index in [1.54, 1.807) is 0 Å². The van der Waals surface area contributed by atoms with Gasteiger partial charge in [-0.05, 0) is 75.8 Å². The maximum absolute atomic E-state index is 14.1. The number of carbonyl (C=O) groups is 2. The third kappa shape index (κ3) is 8.92. The van der Waals surface area contributed by atoms with Gasteiger partial charge in [0.1, 0.15) is 30.2 Å². The number of unbranched alkanes of at least 4 members (excludes halogenated alkanes) is 1. The highest BCUT2D eigenvalue weighted by molar-refractivity contribution is 5.87. The van der Waals surface area contributed by atoms with Gasteiger partial charge in [0.05, 0.1) is 12.0 Å². The van der Waals surface area contributed by atoms with Gasteiger partial charge in [-0.3, -0.25) is 4.79 Å². The van der Waals surface area contributed by atoms with Gasteiger partial charge in [0.25, 0.3) is 0 Å². The Labute approximate surface area is 233 Å². The molecule has 0 bridgehead atoms. The monoisotopic (exact) mass is 564 g/mol. The lowest BCUT2D eigenvalue weighted by atomic mass is 9.98. The van der Waals surface area contributed by atoms with Gasteiger partial charge in [0.15, 0.2) is 0 Å². The molecule has 0 saturated carbocycles. The summed E-state index contributed by atoms with van der Waals surface area (Å²) in [5, 5.41) is 15.5. The van der Waals surface area contributed by atoms with Gasteiger partial charge in [-0.25, -0.2) is 22.9 Å². The van der Waals surface area contributed by atoms with Crippen LogP contribution in [-0.4, -0.2) is 79.0 Å². The van der Waals surface area contributed by atoms with Crippen molar-refractivity contribution in [2.75, 3.05) is 45.3 Å². The van der Waals surface area contributed by atoms with Gasteiger partial charge in [-0.1, -0.05) is 12.1 Å². The molecule has 0 saturated heterocycles. The number of aryl methyl sites for hydroxylation is 2. The van der Waals surface area contributed by atoms with Crippen molar-refractivity contribution < 1.29 is 32.6 Å². The molecular weight excluding hydrogens is 525 g/mol. The smallest absolute Gasteiger partial charge is 0.326 e. The minimum Gasteiger partial charge on any atom is -0.480 e. The number of hydrogen-bond donors (Lipinski definition) is 3. The van der Waals surface area contributed by atoms with Crippen molar-refractivity contribution in [3.63, 3.8) is 0 Å². The fraction of sp³-hybridized carbons (Fsp3) is 0.552. The summed E-state index contributed by atoms with van der Waals surface area (Å²) >= 11 is 0. The molecule has 1 amide bonds. The number of alkyl halides is 1. The first-order valence-electron chi connectivity index (χ1n) is 13.7. The number of benzene rings is 1. The second-order valence-corrected chi connectivity index (χ2v) is 10.2. The fourth-order valence-electron chi connectivity index (χ4n) is 4.84. The zero-order valence-electron chi connectivity index (χ0n) is 23.1. The Kier molecular flexibility index (Phi) is 12.2. The molecule has 3 N–H and O–H groups in total. The molecule has 0 radical (unpaired) electrons. The van der Waals surface area contributed by atoms with Crippen LogP contribution >= 0.6 is 0 Å². The SMILES string of the molecule is CO[C@H](CF)CN(CCCCc1ccc2c(n1)NCCC2)CC[C@H](NC(=O)C(C)c1c(F)cccc1F)C(=O)O. The van der Waals surface area contributed by atoms with E-state index >= 15 is 0 Å². The second kappa shape index (κ2) is 15.6. The molecule has 1 aromatic carbocycles. The lowest BCUT2D eigenvalue weighted by Gasteiger charge is -2.27. The highest BCUT2D eigenvalue weighted by Gasteiger charge is 2.28. The maximum atomic E-state index is 14.1. The average molecular weight is 565 g/mol. The number of hydrogen-bond acceptors (Lipinski definition) is 6. The number of nitrogens with zero attached hydrogens (tertiary/aromatic N) is 2. The number of carbonyl (C=O) groups excluding carboxylic acids is 1. The summed E-state index contributed by atoms with van der Waals surface area (Å²) in [6.07, 6.45) is 3.85. The first-order valence-corrected chi connectivity index (χ1v) is 13.7. The van der Waals surface area contributed by atoms with Crippen LogP contribution in [0.4, 0.5) is 19.0 Å². The van der Waals surface area contributed by atoms with Gasteiger partial charge < -0.3 is 25.4 Å². The first-order chi connectivity index (χ1) is 19.2. The first kappa shape index (κ1) is 31.3. The quantitative estimate of drug-likeness (QED) is 0.264. The molecule has 11 heteroatoms. The molecule has 2 aromatic rings. The predicted octanol–water partition coefficient (Wildman–Crippen LogP) is 4.09. The Morgan fingerprint density at radius 1 is 1.18 bits per heavy atom. The third-order valence-corrected chi connectivity index (χ3v) is 7.25. The van der Waals surface area contributed by atoms with Crippen LogP contribution in [0.2, 0.25) is 0 Å². The molecule has 0 spiro atoms. The van der Waals surface area contributed by atoms with Crippen molar-refractivity contribution in [3.8, 4) is 0 Å². The number of fused-ring (bicyclic) bond motifs is 1. The second-order valence-electron chi connectivity index (χ2n) is 10.2. The van der Waals surface area contributed by atoms with Gasteiger partial charge in [-0.2, -0.15) is 0 Å². The van der Waals surface area contributed by atoms with E-state index in [1.165, 1.54) is 25.7 Å². The zero-order valence-corrected chi connectivity index (χ0v) is 23.1. The molecule has 0 fully saturated rings. The van der Waals surface area contributed by atoms with Crippen LogP contribution in [0.3, 0.4) is 0 Å². The van der Waals surface area contributed by atoms with E-state index in [0.717, 1.165) is 62.3 Å². The molecule has 0 aliphatic carbocycles. The molecular formula is C29H39F3N4O4. The number of aliphatic carboxylic acids is 1. The number of nitrogens with one attached hydrogen (secondary N) is 2. The molecule has 220 valence electrons. The number of carboxylic acid groups (broad SMARTS) is 1. The number of aromatic nitrogens is 1. The number of pyridine rings is 1. The number of anilines is 1. The van der Waals surface area contributed by atoms with Gasteiger partial charge >= 0.3 is 5.97 Å². The number of carboxylic acids is 1. The van der Waals surface area contributed by atoms with E-state index in [2.05, 4.69) is 16.7 Å². The van der Waals surface area contributed by atoms with Gasteiger partial charge in [-0.15, -0.1) is 0 Å². The highest BCUT2D eigenvalue weighted by atomic mass is 19.1. The Balaban J connectivity index is 1.56. The lowest BCUT2D eigenvalue weighted by Crippen LogP contribution is -2.45. The van der Waals surface area contributed by atoms with Crippen LogP contribution in [0.1, 0.15) is 55.3 Å². The van der Waals surface area contributed by atoms with Gasteiger partial charge in [0, 0.05) is 38.0 Å². The van der Waals surface area contributed by atoms with Crippen LogP contribution in [0.5, 0.6) is 0 Å². The van der Waals surface area contributed by atoms with Crippen molar-refractivity contribution in [3.05, 3.63) is 58.8 Å². The normalized spacial score (nSPS) is 15.2. The summed E-state index contributed by atoms with van der Waals surface area (Å²) in [5.41, 5.74) is 1.81. The minimum atomic E-state index is -1.29. The Morgan fingerprint density at radius 3 is 2.60 bits per heavy atom. The topological polar surface area (TPSA) is 104 Å². The van der Waals surface area contributed by atoms with E-state index < -0.39 is 53.8 Å². The summed E-state index contributed by atoms with van der Waals surface area (Å²) < 4.78 is 46.9. The Morgan fingerprint density at radius 2 is 1.93 bits per heavy atom. The Bertz CT molecular complexity index is 1110. The third-order valence-electron chi connectivity index (χ3n) is 7.25. The lowest BCUT2D eigenvalue weighted by molar-refractivity contribution is -0.142. The largest absolute Gasteiger partial charge is 0.480 e. The molecule has 1 aliphatic heterocycles. The average Bonchev–Trinajstić information content (AvgIpc) is 2.94. The predicted molar refractivity (Wildman–Crippen MR) is 146 cm³/mol. The van der Waals surface area contributed by atoms with Crippen molar-refractivity contribution in [2.45, 2.75) is 63.5 Å². The molecule has 3 atom stereocenters. The van der Waals surface area contributed by atoms with E-state index in [4.69, 9.17) is 9.72 Å². The van der Waals surface area contributed by atoms with Crippen molar-refractivity contribution in [1.29, 1.82) is 0 Å². The van der Waals surface area contributed by atoms with Crippen LogP contribution in [0.15, 0.2) is 30.3 Å². The number of ether oxygens (including phenoxy) is 1. The summed E-state index contributed by atoms with van der Waals surface area (Å²) in [7, 11) is 1.42. The molecule has 2 heterocycles. The standard InChI is InChI=1S/C29H39F3N4O4/c1-19(26-23(31)9-5-10-24(26)32)28(37)35-25(29(38)39)13-16-36(18-22(17-30)40-2)15-4-3-8-21-12-11-20-7-6-14-33-27(20)34-21/h5,9-12,19,22,25H,3-4,6-8,13-18H2,1-2H3,(H,33,34)(H,35,37)(H,38,39)/t19?,22-,25+/m1/s1. The molecule has 8 nitrogen and oxygen atoms in total. The highest BCUT2D eigenvalue weighted by Crippen LogP contribution is 2.23. The molecule has 3 rings (SSSR count). The zero-order chi connectivity index (χ0) is 29.1. The van der Waals surface area contributed by atoms with E-state index in [-0.39, 0.29) is 19.5 Å². The van der Waals surface area contributed by atoms with E-state index in [9.17, 15) is 27.9 Å². The van der Waals surface area contributed by atoms with E-state index in [0.29, 0.717) is 6.54 Å². The summed E-state index contributed by atoms with van der Waals surface area (Å²) in [5.74, 6) is -4.09. The summed E-state index contributed by atoms with van der Waals surface area (Å²) in [4.78, 5) is 31.3. The number of amides is 1. The van der Waals surface area contributed by atoms with Crippen molar-refractivity contribution in [1.82, 2.24) is 15.2 Å². The van der Waals surface area contributed by atoms with Crippen LogP contribution < -0.4 is 10.6 Å². The number of rotatable bonds is 16. The van der Waals surface area contributed by atoms with Crippen LogP contribution in [-0.2, 0) is 27.2 Å². The summed E-state index contributed by atoms with van der Waals surface area (Å²) in [6, 6.07) is 6.16. The molecule has 1 aliphatic rings. The molecule has 1 aromatic heterocycles. The maximum Gasteiger partial charge on any atom is 0.326 e. The van der Waals surface area contributed by atoms with Crippen molar-refractivity contribution >= 4 is 17.7 Å². The van der Waals surface area contributed by atoms with Crippen molar-refractivity contribution in [2.24, 2.45) is 0 Å². The van der Waals surface area contributed by atoms with Gasteiger partial charge in [0.2, 0.25) is 5.91 Å². The number of halogens is 3. The van der Waals surface area contributed by atoms with E-state index in [1.807, 2.05) is 11.0 Å². The Hall–Kier alpha value is -3.18. The molecule has 1 unspecified atom stereocenters. The van der Waals surface area contributed by atoms with Crippen LogP contribution in [0.25, 0.3) is 0 Å². The fourth-order valence-corrected chi connectivity index (χ4v) is 4.84.